The van der Waals surface area contributed by atoms with Crippen LogP contribution in [0.4, 0.5) is 9.52 Å². The molecule has 156 valence electrons. The summed E-state index contributed by atoms with van der Waals surface area (Å²) in [7, 11) is 0. The number of carbonyl (C=O) groups is 1. The first-order valence-electron chi connectivity index (χ1n) is 9.09. The molecule has 0 bridgehead atoms. The van der Waals surface area contributed by atoms with Gasteiger partial charge < -0.3 is 4.74 Å². The van der Waals surface area contributed by atoms with Crippen molar-refractivity contribution in [2.24, 2.45) is 0 Å². The van der Waals surface area contributed by atoms with Crippen molar-refractivity contribution in [3.8, 4) is 0 Å². The van der Waals surface area contributed by atoms with Crippen LogP contribution in [0.2, 0.25) is 0 Å². The summed E-state index contributed by atoms with van der Waals surface area (Å²) in [4.78, 5) is 22.0. The van der Waals surface area contributed by atoms with Gasteiger partial charge in [0.1, 0.15) is 16.2 Å². The summed E-state index contributed by atoms with van der Waals surface area (Å²) in [6.07, 6.45) is 0.787. The summed E-state index contributed by atoms with van der Waals surface area (Å²) in [5.74, 6) is -0.565. The van der Waals surface area contributed by atoms with Crippen LogP contribution in [-0.2, 0) is 4.74 Å². The highest BCUT2D eigenvalue weighted by Crippen LogP contribution is 2.31. The second-order valence-corrected chi connectivity index (χ2v) is 8.30. The number of halogens is 2. The zero-order valence-electron chi connectivity index (χ0n) is 15.8. The van der Waals surface area contributed by atoms with E-state index in [4.69, 9.17) is 4.74 Å². The van der Waals surface area contributed by atoms with E-state index in [0.29, 0.717) is 27.8 Å². The topological polar surface area (TPSA) is 71.5 Å². The average molecular weight is 458 g/mol. The standard InChI is InChI=1S/C18H20FN5O2S2.ClH/c1-12-16(28-22-21-12)17(25)24(7-3-6-23-8-10-26-11-9-23)18-20-15-13(19)4-2-5-14(15)27-18;/h2,4-5H,3,6-11H2,1H3;1H. The van der Waals surface area contributed by atoms with E-state index in [1.54, 1.807) is 17.9 Å². The number of hydrogen-bond acceptors (Lipinski definition) is 8. The minimum atomic E-state index is -0.378. The molecule has 0 spiro atoms. The molecule has 3 heterocycles. The largest absolute Gasteiger partial charge is 0.379 e. The third-order valence-electron chi connectivity index (χ3n) is 4.64. The number of rotatable bonds is 6. The summed E-state index contributed by atoms with van der Waals surface area (Å²) in [5, 5.41) is 4.45. The van der Waals surface area contributed by atoms with Crippen LogP contribution >= 0.6 is 35.3 Å². The van der Waals surface area contributed by atoms with Crippen LogP contribution in [-0.4, -0.2) is 64.8 Å². The zero-order valence-corrected chi connectivity index (χ0v) is 18.3. The zero-order chi connectivity index (χ0) is 19.5. The molecule has 1 amide bonds. The van der Waals surface area contributed by atoms with E-state index >= 15 is 0 Å². The lowest BCUT2D eigenvalue weighted by molar-refractivity contribution is 0.0376. The molecule has 11 heteroatoms. The Morgan fingerprint density at radius 3 is 2.83 bits per heavy atom. The number of benzene rings is 1. The van der Waals surface area contributed by atoms with Gasteiger partial charge in [0.15, 0.2) is 5.13 Å². The van der Waals surface area contributed by atoms with E-state index in [0.717, 1.165) is 55.5 Å². The number of carbonyl (C=O) groups excluding carboxylic acids is 1. The molecule has 0 N–H and O–H groups in total. The molecule has 2 aromatic heterocycles. The lowest BCUT2D eigenvalue weighted by atomic mass is 10.3. The van der Waals surface area contributed by atoms with Gasteiger partial charge in [-0.1, -0.05) is 21.9 Å². The quantitative estimate of drug-likeness (QED) is 0.565. The van der Waals surface area contributed by atoms with Crippen molar-refractivity contribution < 1.29 is 13.9 Å². The van der Waals surface area contributed by atoms with Gasteiger partial charge in [-0.25, -0.2) is 9.37 Å². The molecule has 3 aromatic rings. The highest BCUT2D eigenvalue weighted by molar-refractivity contribution is 7.22. The van der Waals surface area contributed by atoms with Crippen LogP contribution in [0.25, 0.3) is 10.2 Å². The smallest absolute Gasteiger partial charge is 0.273 e. The first-order valence-corrected chi connectivity index (χ1v) is 10.7. The highest BCUT2D eigenvalue weighted by atomic mass is 35.5. The van der Waals surface area contributed by atoms with Crippen molar-refractivity contribution in [1.29, 1.82) is 0 Å². The van der Waals surface area contributed by atoms with Gasteiger partial charge in [-0.2, -0.15) is 0 Å². The first-order chi connectivity index (χ1) is 13.6. The molecule has 0 unspecified atom stereocenters. The van der Waals surface area contributed by atoms with Crippen LogP contribution in [0.1, 0.15) is 21.8 Å². The number of fused-ring (bicyclic) bond motifs is 1. The minimum absolute atomic E-state index is 0. The second kappa shape index (κ2) is 9.86. The van der Waals surface area contributed by atoms with Gasteiger partial charge in [-0.15, -0.1) is 17.5 Å². The predicted molar refractivity (Wildman–Crippen MR) is 115 cm³/mol. The minimum Gasteiger partial charge on any atom is -0.379 e. The lowest BCUT2D eigenvalue weighted by Gasteiger charge is -2.27. The van der Waals surface area contributed by atoms with Crippen LogP contribution < -0.4 is 4.90 Å². The normalized spacial score (nSPS) is 14.7. The number of ether oxygens (including phenoxy) is 1. The van der Waals surface area contributed by atoms with Crippen LogP contribution in [0.15, 0.2) is 18.2 Å². The second-order valence-electron chi connectivity index (χ2n) is 6.53. The van der Waals surface area contributed by atoms with Gasteiger partial charge in [0, 0.05) is 26.2 Å². The van der Waals surface area contributed by atoms with Crippen molar-refractivity contribution in [2.45, 2.75) is 13.3 Å². The Bertz CT molecular complexity index is 976. The Morgan fingerprint density at radius 1 is 1.34 bits per heavy atom. The molecule has 0 atom stereocenters. The van der Waals surface area contributed by atoms with Gasteiger partial charge >= 0.3 is 0 Å². The number of thiazole rings is 1. The lowest BCUT2D eigenvalue weighted by Crippen LogP contribution is -2.39. The van der Waals surface area contributed by atoms with Crippen molar-refractivity contribution in [2.75, 3.05) is 44.3 Å². The van der Waals surface area contributed by atoms with E-state index in [2.05, 4.69) is 19.5 Å². The average Bonchev–Trinajstić information content (AvgIpc) is 3.32. The van der Waals surface area contributed by atoms with Crippen molar-refractivity contribution in [3.63, 3.8) is 0 Å². The summed E-state index contributed by atoms with van der Waals surface area (Å²) in [6, 6.07) is 4.85. The van der Waals surface area contributed by atoms with E-state index < -0.39 is 0 Å². The Morgan fingerprint density at radius 2 is 2.14 bits per heavy atom. The molecule has 0 saturated carbocycles. The number of aromatic nitrogens is 3. The molecule has 1 aromatic carbocycles. The summed E-state index contributed by atoms with van der Waals surface area (Å²) < 4.78 is 24.1. The van der Waals surface area contributed by atoms with Crippen molar-refractivity contribution in [3.05, 3.63) is 34.6 Å². The Hall–Kier alpha value is -1.72. The third kappa shape index (κ3) is 4.89. The van der Waals surface area contributed by atoms with E-state index in [9.17, 15) is 9.18 Å². The molecule has 1 saturated heterocycles. The number of morpholine rings is 1. The summed E-state index contributed by atoms with van der Waals surface area (Å²) >= 11 is 2.40. The molecule has 1 fully saturated rings. The van der Waals surface area contributed by atoms with Gasteiger partial charge in [0.2, 0.25) is 0 Å². The molecular formula is C18H21ClFN5O2S2. The fourth-order valence-electron chi connectivity index (χ4n) is 3.13. The maximum Gasteiger partial charge on any atom is 0.273 e. The number of amides is 1. The van der Waals surface area contributed by atoms with E-state index in [-0.39, 0.29) is 24.1 Å². The molecule has 4 rings (SSSR count). The molecule has 0 radical (unpaired) electrons. The monoisotopic (exact) mass is 457 g/mol. The first kappa shape index (κ1) is 22.0. The Balaban J connectivity index is 0.00000240. The van der Waals surface area contributed by atoms with Gasteiger partial charge in [0.05, 0.1) is 23.6 Å². The number of anilines is 1. The molecule has 1 aliphatic rings. The molecule has 29 heavy (non-hydrogen) atoms. The van der Waals surface area contributed by atoms with Crippen LogP contribution in [0, 0.1) is 12.7 Å². The highest BCUT2D eigenvalue weighted by Gasteiger charge is 2.25. The van der Waals surface area contributed by atoms with Gasteiger partial charge in [-0.3, -0.25) is 14.6 Å². The Kier molecular flexibility index (Phi) is 7.47. The Labute approximate surface area is 182 Å². The third-order valence-corrected chi connectivity index (χ3v) is 6.50. The fourth-order valence-corrected chi connectivity index (χ4v) is 4.74. The predicted octanol–water partition coefficient (Wildman–Crippen LogP) is 3.39. The SMILES string of the molecule is Cc1nnsc1C(=O)N(CCCN1CCOCC1)c1nc2c(F)cccc2s1.Cl. The van der Waals surface area contributed by atoms with Crippen LogP contribution in [0.3, 0.4) is 0 Å². The van der Waals surface area contributed by atoms with E-state index in [1.807, 2.05) is 6.07 Å². The van der Waals surface area contributed by atoms with E-state index in [1.165, 1.54) is 17.4 Å². The number of nitrogens with zero attached hydrogens (tertiary/aromatic N) is 5. The molecule has 0 aliphatic carbocycles. The summed E-state index contributed by atoms with van der Waals surface area (Å²) in [5.41, 5.74) is 0.896. The molecule has 1 aliphatic heterocycles. The number of para-hydroxylation sites is 1. The molecular weight excluding hydrogens is 437 g/mol. The van der Waals surface area contributed by atoms with Crippen molar-refractivity contribution in [1.82, 2.24) is 19.5 Å². The molecule has 7 nitrogen and oxygen atoms in total. The fraction of sp³-hybridized carbons (Fsp3) is 0.444. The number of hydrogen-bond donors (Lipinski definition) is 0. The van der Waals surface area contributed by atoms with Crippen molar-refractivity contribution >= 4 is 56.5 Å². The number of aryl methyl sites for hydroxylation is 1. The van der Waals surface area contributed by atoms with Crippen LogP contribution in [0.5, 0.6) is 0 Å². The van der Waals surface area contributed by atoms with Gasteiger partial charge in [0.25, 0.3) is 5.91 Å². The summed E-state index contributed by atoms with van der Waals surface area (Å²) in [6.45, 7) is 6.41. The van der Waals surface area contributed by atoms with Gasteiger partial charge in [-0.05, 0) is 37.0 Å². The maximum absolute atomic E-state index is 14.1. The maximum atomic E-state index is 14.1.